The molecule has 0 aliphatic heterocycles. The van der Waals surface area contributed by atoms with Crippen LogP contribution in [0, 0.1) is 13.8 Å². The van der Waals surface area contributed by atoms with Gasteiger partial charge in [-0.2, -0.15) is 6.07 Å². The molecule has 0 aliphatic carbocycles. The van der Waals surface area contributed by atoms with Crippen LogP contribution in [0.1, 0.15) is 11.1 Å². The second-order valence-corrected chi connectivity index (χ2v) is 15.5. The molecule has 16 heavy (non-hydrogen) atoms. The van der Waals surface area contributed by atoms with Crippen LogP contribution >= 0.6 is 41.5 Å². The molecule has 0 fully saturated rings. The Kier molecular flexibility index (Phi) is 6.48. The molecule has 0 N–H and O–H groups in total. The van der Waals surface area contributed by atoms with Crippen molar-refractivity contribution in [1.29, 1.82) is 0 Å². The molecule has 0 heterocycles. The Morgan fingerprint density at radius 2 is 1.62 bits per heavy atom. The van der Waals surface area contributed by atoms with Gasteiger partial charge >= 0.3 is 43.7 Å². The third kappa shape index (κ3) is 4.39. The van der Waals surface area contributed by atoms with E-state index in [4.69, 9.17) is 25.5 Å². The summed E-state index contributed by atoms with van der Waals surface area (Å²) in [5, 5.41) is 2.73. The van der Waals surface area contributed by atoms with Crippen LogP contribution in [0.25, 0.3) is 10.8 Å². The van der Waals surface area contributed by atoms with Crippen LogP contribution in [-0.2, 0) is 18.2 Å². The van der Waals surface area contributed by atoms with E-state index in [-0.39, 0.29) is 0 Å². The van der Waals surface area contributed by atoms with Crippen molar-refractivity contribution in [2.45, 2.75) is 13.8 Å². The summed E-state index contributed by atoms with van der Waals surface area (Å²) in [6.07, 6.45) is 0. The first kappa shape index (κ1) is 15.1. The molecule has 0 saturated carbocycles. The third-order valence-electron chi connectivity index (χ3n) is 2.29. The van der Waals surface area contributed by atoms with Crippen molar-refractivity contribution in [2.24, 2.45) is 0 Å². The predicted molar refractivity (Wildman–Crippen MR) is 74.3 cm³/mol. The number of fused-ring (bicyclic) bond motifs is 1. The molecule has 0 saturated heterocycles. The topological polar surface area (TPSA) is 0 Å². The SMILES string of the molecule is Cc1ccc(C)c2[cH-]c(Br)cc12.[Cl][Zr]([Cl])[Cl]. The maximum atomic E-state index is 5.00. The Morgan fingerprint density at radius 1 is 1.12 bits per heavy atom. The molecule has 0 atom stereocenters. The Bertz CT molecular complexity index is 438. The summed E-state index contributed by atoms with van der Waals surface area (Å²) in [7, 11) is 15.0. The molecular formula is C11H10BrCl3Zr-. The van der Waals surface area contributed by atoms with Gasteiger partial charge in [0.2, 0.25) is 0 Å². The average Bonchev–Trinajstić information content (AvgIpc) is 2.54. The summed E-state index contributed by atoms with van der Waals surface area (Å²) in [6, 6.07) is 8.70. The van der Waals surface area contributed by atoms with E-state index >= 15 is 0 Å². The summed E-state index contributed by atoms with van der Waals surface area (Å²) in [5.41, 5.74) is 2.70. The molecule has 2 aromatic carbocycles. The van der Waals surface area contributed by atoms with E-state index in [0.29, 0.717) is 0 Å². The molecule has 2 aromatic rings. The van der Waals surface area contributed by atoms with Gasteiger partial charge in [0.15, 0.2) is 0 Å². The molecule has 0 spiro atoms. The summed E-state index contributed by atoms with van der Waals surface area (Å²) >= 11 is 1.37. The van der Waals surface area contributed by atoms with Crippen molar-refractivity contribution in [3.63, 3.8) is 0 Å². The molecular weight excluding hydrogens is 410 g/mol. The van der Waals surface area contributed by atoms with Crippen LogP contribution in [0.3, 0.4) is 0 Å². The molecule has 5 heteroatoms. The van der Waals surface area contributed by atoms with E-state index in [0.717, 1.165) is 0 Å². The molecule has 0 nitrogen and oxygen atoms in total. The van der Waals surface area contributed by atoms with Gasteiger partial charge in [0.05, 0.1) is 0 Å². The van der Waals surface area contributed by atoms with Gasteiger partial charge in [-0.05, 0) is 6.92 Å². The molecule has 0 amide bonds. The van der Waals surface area contributed by atoms with Gasteiger partial charge in [0.1, 0.15) is 0 Å². The second-order valence-electron chi connectivity index (χ2n) is 3.41. The van der Waals surface area contributed by atoms with Crippen molar-refractivity contribution in [3.8, 4) is 0 Å². The molecule has 2 rings (SSSR count). The Labute approximate surface area is 123 Å². The number of hydrogen-bond donors (Lipinski definition) is 0. The zero-order valence-corrected chi connectivity index (χ0v) is 15.1. The quantitative estimate of drug-likeness (QED) is 0.459. The van der Waals surface area contributed by atoms with Crippen molar-refractivity contribution in [1.82, 2.24) is 0 Å². The fraction of sp³-hybridized carbons (Fsp3) is 0.182. The van der Waals surface area contributed by atoms with E-state index in [1.165, 1.54) is 26.4 Å². The van der Waals surface area contributed by atoms with E-state index in [2.05, 4.69) is 54.0 Å². The first-order valence-corrected chi connectivity index (χ1v) is 14.9. The van der Waals surface area contributed by atoms with Gasteiger partial charge in [-0.15, -0.1) is 28.5 Å². The van der Waals surface area contributed by atoms with Gasteiger partial charge in [-0.3, -0.25) is 0 Å². The number of hydrogen-bond acceptors (Lipinski definition) is 0. The van der Waals surface area contributed by atoms with Crippen LogP contribution in [0.15, 0.2) is 28.7 Å². The molecule has 0 unspecified atom stereocenters. The van der Waals surface area contributed by atoms with E-state index in [1.807, 2.05) is 0 Å². The number of rotatable bonds is 0. The second kappa shape index (κ2) is 6.85. The first-order chi connectivity index (χ1) is 7.41. The fourth-order valence-corrected chi connectivity index (χ4v) is 2.01. The van der Waals surface area contributed by atoms with Crippen LogP contribution in [0.5, 0.6) is 0 Å². The van der Waals surface area contributed by atoms with Crippen molar-refractivity contribution < 1.29 is 18.2 Å². The summed E-state index contributed by atoms with van der Waals surface area (Å²) < 4.78 is 1.18. The summed E-state index contributed by atoms with van der Waals surface area (Å²) in [5.74, 6) is 0. The van der Waals surface area contributed by atoms with Crippen molar-refractivity contribution in [3.05, 3.63) is 39.9 Å². The minimum atomic E-state index is -2.13. The zero-order valence-electron chi connectivity index (χ0n) is 8.82. The molecule has 87 valence electrons. The van der Waals surface area contributed by atoms with Gasteiger partial charge in [0.25, 0.3) is 0 Å². The van der Waals surface area contributed by atoms with Gasteiger partial charge in [-0.25, -0.2) is 0 Å². The normalized spacial score (nSPS) is 9.88. The van der Waals surface area contributed by atoms with E-state index in [9.17, 15) is 0 Å². The molecule has 0 radical (unpaired) electrons. The molecule has 0 aliphatic rings. The van der Waals surface area contributed by atoms with Gasteiger partial charge in [-0.1, -0.05) is 39.0 Å². The van der Waals surface area contributed by atoms with Gasteiger partial charge < -0.3 is 0 Å². The Hall–Kier alpha value is 1.06. The molecule has 0 bridgehead atoms. The number of benzene rings is 1. The monoisotopic (exact) mass is 416 g/mol. The van der Waals surface area contributed by atoms with E-state index < -0.39 is 18.2 Å². The van der Waals surface area contributed by atoms with Crippen LogP contribution in [0.2, 0.25) is 0 Å². The first-order valence-electron chi connectivity index (χ1n) is 4.57. The van der Waals surface area contributed by atoms with Crippen molar-refractivity contribution >= 4 is 52.2 Å². The average molecular weight is 420 g/mol. The summed E-state index contributed by atoms with van der Waals surface area (Å²) in [6.45, 7) is 4.29. The third-order valence-corrected chi connectivity index (χ3v) is 2.75. The van der Waals surface area contributed by atoms with Crippen LogP contribution < -0.4 is 0 Å². The minimum absolute atomic E-state index is 1.18. The summed E-state index contributed by atoms with van der Waals surface area (Å²) in [4.78, 5) is 0. The standard InChI is InChI=1S/C11H10Br.3ClH.Zr/c1-7-3-4-8(2)11-6-9(12)5-10(7)11;;;;/h3-6H,1-2H3;3*1H;/q-1;;;;+3/p-3. The Morgan fingerprint density at radius 3 is 2.12 bits per heavy atom. The van der Waals surface area contributed by atoms with Crippen LogP contribution in [0.4, 0.5) is 0 Å². The van der Waals surface area contributed by atoms with Crippen molar-refractivity contribution in [2.75, 3.05) is 0 Å². The van der Waals surface area contributed by atoms with E-state index in [1.54, 1.807) is 0 Å². The maximum absolute atomic E-state index is 5.00. The zero-order chi connectivity index (χ0) is 12.3. The number of halogens is 4. The fourth-order valence-electron chi connectivity index (χ4n) is 1.56. The predicted octanol–water partition coefficient (Wildman–Crippen LogP) is 6.00. The van der Waals surface area contributed by atoms with Gasteiger partial charge in [0, 0.05) is 0 Å². The Balaban J connectivity index is 0.000000280. The number of aryl methyl sites for hydroxylation is 2. The van der Waals surface area contributed by atoms with Crippen LogP contribution in [-0.4, -0.2) is 0 Å². The molecule has 0 aromatic heterocycles.